The van der Waals surface area contributed by atoms with E-state index < -0.39 is 12.0 Å². The Hall–Kier alpha value is -2.01. The fourth-order valence-corrected chi connectivity index (χ4v) is 1.35. The molecule has 0 spiro atoms. The number of ether oxygens (including phenoxy) is 1. The fraction of sp³-hybridized carbons (Fsp3) is 0.357. The van der Waals surface area contributed by atoms with Gasteiger partial charge < -0.3 is 10.5 Å². The topological polar surface area (TPSA) is 82.3 Å². The van der Waals surface area contributed by atoms with Gasteiger partial charge in [-0.15, -0.1) is 0 Å². The fourth-order valence-electron chi connectivity index (χ4n) is 1.35. The molecule has 1 heterocycles. The maximum atomic E-state index is 11.6. The molecule has 2 N–H and O–H groups in total. The molecule has 5 heteroatoms. The number of ketones is 1. The zero-order valence-corrected chi connectivity index (χ0v) is 10.9. The van der Waals surface area contributed by atoms with Crippen molar-refractivity contribution in [2.45, 2.75) is 25.8 Å². The summed E-state index contributed by atoms with van der Waals surface area (Å²) in [5.41, 5.74) is 6.06. The van der Waals surface area contributed by atoms with Crippen LogP contribution in [0.2, 0.25) is 0 Å². The normalized spacial score (nSPS) is 12.3. The van der Waals surface area contributed by atoms with Gasteiger partial charge in [0, 0.05) is 18.8 Å². The molecule has 0 aliphatic carbocycles. The Bertz CT molecular complexity index is 443. The van der Waals surface area contributed by atoms with Crippen molar-refractivity contribution in [2.75, 3.05) is 6.61 Å². The highest BCUT2D eigenvalue weighted by molar-refractivity contribution is 5.94. The second-order valence-corrected chi connectivity index (χ2v) is 3.99. The largest absolute Gasteiger partial charge is 0.462 e. The number of aromatic nitrogens is 1. The summed E-state index contributed by atoms with van der Waals surface area (Å²) < 4.78 is 5.02. The Morgan fingerprint density at radius 2 is 2.32 bits per heavy atom. The van der Waals surface area contributed by atoms with Crippen LogP contribution in [0.15, 0.2) is 36.7 Å². The highest BCUT2D eigenvalue weighted by Gasteiger charge is 2.12. The van der Waals surface area contributed by atoms with Gasteiger partial charge in [0.1, 0.15) is 0 Å². The molecule has 0 saturated carbocycles. The van der Waals surface area contributed by atoms with Gasteiger partial charge in [0.05, 0.1) is 18.2 Å². The van der Waals surface area contributed by atoms with Gasteiger partial charge in [-0.1, -0.05) is 13.0 Å². The van der Waals surface area contributed by atoms with E-state index in [1.807, 2.05) is 6.92 Å². The predicted octanol–water partition coefficient (Wildman–Crippen LogP) is 1.49. The van der Waals surface area contributed by atoms with E-state index in [9.17, 15) is 9.59 Å². The average Bonchev–Trinajstić information content (AvgIpc) is 2.45. The third-order valence-electron chi connectivity index (χ3n) is 2.44. The zero-order chi connectivity index (χ0) is 14.1. The molecule has 0 aromatic carbocycles. The summed E-state index contributed by atoms with van der Waals surface area (Å²) >= 11 is 0. The summed E-state index contributed by atoms with van der Waals surface area (Å²) in [6, 6.07) is 2.63. The number of carbonyl (C=O) groups is 2. The van der Waals surface area contributed by atoms with E-state index in [0.717, 1.165) is 6.42 Å². The van der Waals surface area contributed by atoms with Crippen LogP contribution >= 0.6 is 0 Å². The predicted molar refractivity (Wildman–Crippen MR) is 71.5 cm³/mol. The van der Waals surface area contributed by atoms with Gasteiger partial charge in [-0.25, -0.2) is 4.79 Å². The monoisotopic (exact) mass is 262 g/mol. The molecule has 0 fully saturated rings. The van der Waals surface area contributed by atoms with Crippen molar-refractivity contribution in [3.8, 4) is 0 Å². The lowest BCUT2D eigenvalue weighted by molar-refractivity contribution is -0.116. The summed E-state index contributed by atoms with van der Waals surface area (Å²) in [6.07, 6.45) is 7.31. The van der Waals surface area contributed by atoms with Crippen LogP contribution in [0, 0.1) is 0 Å². The van der Waals surface area contributed by atoms with E-state index in [1.165, 1.54) is 12.3 Å². The third-order valence-corrected chi connectivity index (χ3v) is 2.44. The standard InChI is InChI=1S/C14H18N2O3/c1-2-3-6-13(17)12(15)7-9-19-14(18)11-5-4-8-16-10-11/h3-6,8,10,12H,2,7,9,15H2,1H3. The van der Waals surface area contributed by atoms with Crippen LogP contribution < -0.4 is 5.73 Å². The van der Waals surface area contributed by atoms with E-state index >= 15 is 0 Å². The second kappa shape index (κ2) is 8.16. The first-order chi connectivity index (χ1) is 9.15. The van der Waals surface area contributed by atoms with Crippen LogP contribution in [-0.4, -0.2) is 29.4 Å². The van der Waals surface area contributed by atoms with E-state index in [4.69, 9.17) is 10.5 Å². The maximum absolute atomic E-state index is 11.6. The summed E-state index contributed by atoms with van der Waals surface area (Å²) in [6.45, 7) is 2.05. The SMILES string of the molecule is CCC=CC(=O)C(N)CCOC(=O)c1cccnc1. The van der Waals surface area contributed by atoms with Crippen molar-refractivity contribution in [3.05, 3.63) is 42.2 Å². The first kappa shape index (κ1) is 15.0. The van der Waals surface area contributed by atoms with Crippen LogP contribution in [0.3, 0.4) is 0 Å². The van der Waals surface area contributed by atoms with Crippen molar-refractivity contribution >= 4 is 11.8 Å². The molecule has 0 saturated heterocycles. The van der Waals surface area contributed by atoms with Crippen molar-refractivity contribution in [1.29, 1.82) is 0 Å². The molecule has 1 unspecified atom stereocenters. The molecule has 1 aromatic rings. The molecular formula is C14H18N2O3. The lowest BCUT2D eigenvalue weighted by Gasteiger charge is -2.08. The minimum absolute atomic E-state index is 0.112. The van der Waals surface area contributed by atoms with Gasteiger partial charge in [0.25, 0.3) is 0 Å². The second-order valence-electron chi connectivity index (χ2n) is 3.99. The average molecular weight is 262 g/mol. The highest BCUT2D eigenvalue weighted by atomic mass is 16.5. The minimum Gasteiger partial charge on any atom is -0.462 e. The van der Waals surface area contributed by atoms with Gasteiger partial charge in [-0.05, 0) is 24.6 Å². The molecule has 0 aliphatic rings. The maximum Gasteiger partial charge on any atom is 0.339 e. The molecule has 1 atom stereocenters. The number of hydrogen-bond donors (Lipinski definition) is 1. The first-order valence-corrected chi connectivity index (χ1v) is 6.18. The Balaban J connectivity index is 2.32. The number of nitrogens with two attached hydrogens (primary N) is 1. The lowest BCUT2D eigenvalue weighted by atomic mass is 10.1. The van der Waals surface area contributed by atoms with Crippen molar-refractivity contribution < 1.29 is 14.3 Å². The minimum atomic E-state index is -0.635. The molecule has 0 aliphatic heterocycles. The molecule has 0 bridgehead atoms. The summed E-state index contributed by atoms with van der Waals surface area (Å²) in [7, 11) is 0. The molecule has 0 radical (unpaired) electrons. The van der Waals surface area contributed by atoms with Crippen molar-refractivity contribution in [3.63, 3.8) is 0 Å². The molecule has 0 amide bonds. The number of pyridine rings is 1. The molecule has 5 nitrogen and oxygen atoms in total. The van der Waals surface area contributed by atoms with Gasteiger partial charge in [-0.2, -0.15) is 0 Å². The van der Waals surface area contributed by atoms with E-state index in [2.05, 4.69) is 4.98 Å². The van der Waals surface area contributed by atoms with Crippen molar-refractivity contribution in [1.82, 2.24) is 4.98 Å². The number of carbonyl (C=O) groups excluding carboxylic acids is 2. The molecule has 102 valence electrons. The summed E-state index contributed by atoms with van der Waals surface area (Å²) in [5.74, 6) is -0.615. The van der Waals surface area contributed by atoms with Crippen LogP contribution in [0.5, 0.6) is 0 Å². The molecular weight excluding hydrogens is 244 g/mol. The molecule has 1 aromatic heterocycles. The first-order valence-electron chi connectivity index (χ1n) is 6.18. The third kappa shape index (κ3) is 5.44. The smallest absolute Gasteiger partial charge is 0.339 e. The van der Waals surface area contributed by atoms with Gasteiger partial charge in [0.2, 0.25) is 0 Å². The Kier molecular flexibility index (Phi) is 6.46. The van der Waals surface area contributed by atoms with E-state index in [1.54, 1.807) is 24.4 Å². The number of allylic oxidation sites excluding steroid dienone is 1. The van der Waals surface area contributed by atoms with Crippen LogP contribution in [0.25, 0.3) is 0 Å². The van der Waals surface area contributed by atoms with Gasteiger partial charge in [-0.3, -0.25) is 9.78 Å². The number of rotatable bonds is 7. The Morgan fingerprint density at radius 3 is 2.95 bits per heavy atom. The highest BCUT2D eigenvalue weighted by Crippen LogP contribution is 2.01. The number of nitrogens with zero attached hydrogens (tertiary/aromatic N) is 1. The van der Waals surface area contributed by atoms with Gasteiger partial charge >= 0.3 is 5.97 Å². The van der Waals surface area contributed by atoms with Crippen LogP contribution in [0.1, 0.15) is 30.1 Å². The van der Waals surface area contributed by atoms with Crippen LogP contribution in [0.4, 0.5) is 0 Å². The van der Waals surface area contributed by atoms with Crippen LogP contribution in [-0.2, 0) is 9.53 Å². The zero-order valence-electron chi connectivity index (χ0n) is 10.9. The van der Waals surface area contributed by atoms with Gasteiger partial charge in [0.15, 0.2) is 5.78 Å². The lowest BCUT2D eigenvalue weighted by Crippen LogP contribution is -2.30. The summed E-state index contributed by atoms with van der Waals surface area (Å²) in [5, 5.41) is 0. The Labute approximate surface area is 112 Å². The number of hydrogen-bond acceptors (Lipinski definition) is 5. The number of esters is 1. The Morgan fingerprint density at radius 1 is 1.53 bits per heavy atom. The summed E-state index contributed by atoms with van der Waals surface area (Å²) in [4.78, 5) is 26.9. The van der Waals surface area contributed by atoms with E-state index in [0.29, 0.717) is 12.0 Å². The van der Waals surface area contributed by atoms with E-state index in [-0.39, 0.29) is 12.4 Å². The van der Waals surface area contributed by atoms with Crippen molar-refractivity contribution in [2.24, 2.45) is 5.73 Å². The molecule has 19 heavy (non-hydrogen) atoms. The quantitative estimate of drug-likeness (QED) is 0.594. The molecule has 1 rings (SSSR count).